The Labute approximate surface area is 237 Å². The van der Waals surface area contributed by atoms with Crippen molar-refractivity contribution in [2.75, 3.05) is 50.9 Å². The van der Waals surface area contributed by atoms with Crippen LogP contribution in [0.1, 0.15) is 30.4 Å². The molecule has 0 saturated carbocycles. The van der Waals surface area contributed by atoms with Crippen LogP contribution in [0.15, 0.2) is 30.3 Å². The highest BCUT2D eigenvalue weighted by molar-refractivity contribution is 7.22. The predicted molar refractivity (Wildman–Crippen MR) is 144 cm³/mol. The standard InChI is InChI=1S/C27H28ClF4N3O4S/c28-19-2-1-17(14-24(36)37)13-22(19)39-10-5-26(35-8-11-38-12-9-35)3-6-34(7-4-26)25-33-21-16-20(29)18(27(30,31)32)15-23(21)40-25/h1-2,13,15-16H,3-12,14H2,(H,36,37). The molecule has 0 amide bonds. The minimum absolute atomic E-state index is 0.128. The SMILES string of the molecule is O=C(O)Cc1ccc(Cl)c(OCCC2(N3CCOCC3)CCN(c3nc4cc(F)c(C(F)(F)F)cc4s3)CC2)c1. The number of aliphatic carboxylic acids is 1. The number of anilines is 1. The first-order chi connectivity index (χ1) is 19.0. The van der Waals surface area contributed by atoms with Crippen molar-refractivity contribution < 1.29 is 36.9 Å². The number of nitrogens with zero attached hydrogens (tertiary/aromatic N) is 3. The summed E-state index contributed by atoms with van der Waals surface area (Å²) in [6.45, 7) is 4.42. The van der Waals surface area contributed by atoms with E-state index in [-0.39, 0.29) is 17.5 Å². The molecule has 0 unspecified atom stereocenters. The van der Waals surface area contributed by atoms with E-state index >= 15 is 0 Å². The van der Waals surface area contributed by atoms with E-state index in [0.29, 0.717) is 65.5 Å². The Hall–Kier alpha value is -2.67. The molecule has 5 rings (SSSR count). The summed E-state index contributed by atoms with van der Waals surface area (Å²) in [4.78, 5) is 20.0. The number of carboxylic acids is 1. The minimum atomic E-state index is -4.77. The zero-order valence-electron chi connectivity index (χ0n) is 21.5. The van der Waals surface area contributed by atoms with Gasteiger partial charge in [0, 0.05) is 37.8 Å². The number of rotatable bonds is 8. The van der Waals surface area contributed by atoms with Gasteiger partial charge in [0.2, 0.25) is 0 Å². The van der Waals surface area contributed by atoms with Gasteiger partial charge < -0.3 is 19.5 Å². The normalized spacial score (nSPS) is 18.3. The molecule has 3 aromatic rings. The third-order valence-corrected chi connectivity index (χ3v) is 8.99. The number of aromatic nitrogens is 1. The van der Waals surface area contributed by atoms with Gasteiger partial charge in [0.05, 0.1) is 47.0 Å². The van der Waals surface area contributed by atoms with E-state index in [1.807, 2.05) is 4.90 Å². The molecular weight excluding hydrogens is 574 g/mol. The van der Waals surface area contributed by atoms with Crippen molar-refractivity contribution in [1.82, 2.24) is 9.88 Å². The lowest BCUT2D eigenvalue weighted by molar-refractivity contribution is -0.140. The number of piperidine rings is 1. The van der Waals surface area contributed by atoms with E-state index in [1.54, 1.807) is 18.2 Å². The highest BCUT2D eigenvalue weighted by Gasteiger charge is 2.41. The molecule has 0 bridgehead atoms. The third-order valence-electron chi connectivity index (χ3n) is 7.59. The summed E-state index contributed by atoms with van der Waals surface area (Å²) in [5.74, 6) is -1.82. The molecule has 13 heteroatoms. The molecular formula is C27H28ClF4N3O4S. The fraction of sp³-hybridized carbons (Fsp3) is 0.481. The second kappa shape index (κ2) is 11.7. The number of ether oxygens (including phenoxy) is 2. The van der Waals surface area contributed by atoms with Crippen LogP contribution in [0.3, 0.4) is 0 Å². The van der Waals surface area contributed by atoms with Crippen LogP contribution in [0, 0.1) is 5.82 Å². The van der Waals surface area contributed by atoms with E-state index in [4.69, 9.17) is 26.2 Å². The van der Waals surface area contributed by atoms with Crippen molar-refractivity contribution in [1.29, 1.82) is 0 Å². The van der Waals surface area contributed by atoms with E-state index in [2.05, 4.69) is 9.88 Å². The second-order valence-corrected chi connectivity index (χ2v) is 11.5. The Kier molecular flexibility index (Phi) is 8.42. The molecule has 7 nitrogen and oxygen atoms in total. The monoisotopic (exact) mass is 601 g/mol. The van der Waals surface area contributed by atoms with Crippen LogP contribution < -0.4 is 9.64 Å². The largest absolute Gasteiger partial charge is 0.492 e. The number of hydrogen-bond acceptors (Lipinski definition) is 7. The van der Waals surface area contributed by atoms with Gasteiger partial charge in [-0.05, 0) is 43.0 Å². The molecule has 0 atom stereocenters. The molecule has 3 heterocycles. The number of fused-ring (bicyclic) bond motifs is 1. The number of hydrogen-bond donors (Lipinski definition) is 1. The first kappa shape index (κ1) is 28.8. The lowest BCUT2D eigenvalue weighted by atomic mass is 9.82. The molecule has 0 radical (unpaired) electrons. The van der Waals surface area contributed by atoms with Gasteiger partial charge >= 0.3 is 12.1 Å². The Morgan fingerprint density at radius 3 is 2.55 bits per heavy atom. The van der Waals surface area contributed by atoms with Crippen molar-refractivity contribution in [3.8, 4) is 5.75 Å². The van der Waals surface area contributed by atoms with Gasteiger partial charge in [-0.25, -0.2) is 9.37 Å². The highest BCUT2D eigenvalue weighted by Crippen LogP contribution is 2.40. The number of alkyl halides is 3. The number of carbonyl (C=O) groups is 1. The number of benzene rings is 2. The molecule has 1 N–H and O–H groups in total. The zero-order valence-corrected chi connectivity index (χ0v) is 23.0. The molecule has 2 fully saturated rings. The summed E-state index contributed by atoms with van der Waals surface area (Å²) < 4.78 is 65.5. The topological polar surface area (TPSA) is 75.1 Å². The number of thiazole rings is 1. The van der Waals surface area contributed by atoms with Gasteiger partial charge in [0.25, 0.3) is 0 Å². The van der Waals surface area contributed by atoms with Crippen molar-refractivity contribution >= 4 is 44.3 Å². The Balaban J connectivity index is 1.30. The average Bonchev–Trinajstić information content (AvgIpc) is 3.33. The maximum atomic E-state index is 14.1. The van der Waals surface area contributed by atoms with E-state index in [9.17, 15) is 22.4 Å². The summed E-state index contributed by atoms with van der Waals surface area (Å²) in [7, 11) is 0. The van der Waals surface area contributed by atoms with Gasteiger partial charge in [0.15, 0.2) is 5.13 Å². The summed E-state index contributed by atoms with van der Waals surface area (Å²) in [5.41, 5.74) is -0.668. The summed E-state index contributed by atoms with van der Waals surface area (Å²) in [6, 6.07) is 6.64. The molecule has 2 aliphatic heterocycles. The fourth-order valence-electron chi connectivity index (χ4n) is 5.46. The van der Waals surface area contributed by atoms with Gasteiger partial charge in [-0.2, -0.15) is 13.2 Å². The van der Waals surface area contributed by atoms with Gasteiger partial charge in [-0.15, -0.1) is 0 Å². The molecule has 216 valence electrons. The van der Waals surface area contributed by atoms with Gasteiger partial charge in [0.1, 0.15) is 11.6 Å². The third kappa shape index (κ3) is 6.29. The van der Waals surface area contributed by atoms with Crippen LogP contribution in [0.25, 0.3) is 10.2 Å². The predicted octanol–water partition coefficient (Wildman–Crippen LogP) is 5.88. The number of halogens is 5. The van der Waals surface area contributed by atoms with Crippen molar-refractivity contribution in [3.05, 3.63) is 52.3 Å². The molecule has 40 heavy (non-hydrogen) atoms. The number of carboxylic acid groups (broad SMARTS) is 1. The second-order valence-electron chi connectivity index (χ2n) is 10.0. The first-order valence-corrected chi connectivity index (χ1v) is 14.1. The highest BCUT2D eigenvalue weighted by atomic mass is 35.5. The van der Waals surface area contributed by atoms with E-state index < -0.39 is 23.5 Å². The first-order valence-electron chi connectivity index (χ1n) is 12.9. The lowest BCUT2D eigenvalue weighted by Crippen LogP contribution is -2.59. The smallest absolute Gasteiger partial charge is 0.419 e. The lowest BCUT2D eigenvalue weighted by Gasteiger charge is -2.50. The maximum Gasteiger partial charge on any atom is 0.419 e. The van der Waals surface area contributed by atoms with Crippen LogP contribution in [-0.4, -0.2) is 72.5 Å². The molecule has 2 saturated heterocycles. The quantitative estimate of drug-likeness (QED) is 0.324. The molecule has 1 aromatic heterocycles. The maximum absolute atomic E-state index is 14.1. The van der Waals surface area contributed by atoms with Crippen molar-refractivity contribution in [3.63, 3.8) is 0 Å². The number of morpholine rings is 1. The summed E-state index contributed by atoms with van der Waals surface area (Å²) in [5, 5.41) is 10.1. The minimum Gasteiger partial charge on any atom is -0.492 e. The Morgan fingerprint density at radius 2 is 1.88 bits per heavy atom. The summed E-state index contributed by atoms with van der Waals surface area (Å²) in [6.07, 6.45) is -2.67. The molecule has 0 aliphatic carbocycles. The van der Waals surface area contributed by atoms with E-state index in [1.165, 1.54) is 0 Å². The van der Waals surface area contributed by atoms with Crippen molar-refractivity contribution in [2.24, 2.45) is 0 Å². The van der Waals surface area contributed by atoms with Crippen LogP contribution in [-0.2, 0) is 22.1 Å². The van der Waals surface area contributed by atoms with E-state index in [0.717, 1.165) is 49.4 Å². The van der Waals surface area contributed by atoms with Crippen LogP contribution in [0.5, 0.6) is 5.75 Å². The fourth-order valence-corrected chi connectivity index (χ4v) is 6.67. The average molecular weight is 602 g/mol. The Morgan fingerprint density at radius 1 is 1.15 bits per heavy atom. The van der Waals surface area contributed by atoms with Crippen LogP contribution in [0.2, 0.25) is 5.02 Å². The zero-order chi connectivity index (χ0) is 28.5. The van der Waals surface area contributed by atoms with Crippen molar-refractivity contribution in [2.45, 2.75) is 37.4 Å². The molecule has 2 aliphatic rings. The summed E-state index contributed by atoms with van der Waals surface area (Å²) >= 11 is 7.44. The van der Waals surface area contributed by atoms with Gasteiger partial charge in [-0.1, -0.05) is 29.0 Å². The van der Waals surface area contributed by atoms with Gasteiger partial charge in [-0.3, -0.25) is 9.69 Å². The molecule has 2 aromatic carbocycles. The van der Waals surface area contributed by atoms with Crippen LogP contribution in [0.4, 0.5) is 22.7 Å². The van der Waals surface area contributed by atoms with Crippen LogP contribution >= 0.6 is 22.9 Å². The molecule has 0 spiro atoms. The Bertz CT molecular complexity index is 1370.